The number of aromatic hydroxyl groups is 1. The highest BCUT2D eigenvalue weighted by Crippen LogP contribution is 2.17. The molecular weight excluding hydrogens is 274 g/mol. The summed E-state index contributed by atoms with van der Waals surface area (Å²) in [6.07, 6.45) is 3.16. The van der Waals surface area contributed by atoms with Crippen molar-refractivity contribution in [1.29, 1.82) is 0 Å². The van der Waals surface area contributed by atoms with E-state index >= 15 is 0 Å². The fourth-order valence-corrected chi connectivity index (χ4v) is 2.44. The van der Waals surface area contributed by atoms with Gasteiger partial charge in [-0.15, -0.1) is 10.2 Å². The maximum atomic E-state index is 11.9. The zero-order chi connectivity index (χ0) is 14.4. The molecule has 2 N–H and O–H groups in total. The van der Waals surface area contributed by atoms with Crippen LogP contribution in [0.15, 0.2) is 24.3 Å². The molecule has 0 aliphatic carbocycles. The molecule has 0 radical (unpaired) electrons. The Hall–Kier alpha value is -1.95. The van der Waals surface area contributed by atoms with Gasteiger partial charge in [0.15, 0.2) is 5.78 Å². The number of phenols is 1. The smallest absolute Gasteiger partial charge is 0.206 e. The zero-order valence-corrected chi connectivity index (χ0v) is 12.1. The number of aromatic nitrogens is 2. The molecule has 1 aromatic heterocycles. The van der Waals surface area contributed by atoms with Crippen LogP contribution in [-0.2, 0) is 6.42 Å². The van der Waals surface area contributed by atoms with Gasteiger partial charge in [0.1, 0.15) is 10.8 Å². The van der Waals surface area contributed by atoms with Crippen molar-refractivity contribution in [2.75, 3.05) is 11.9 Å². The minimum absolute atomic E-state index is 0.0460. The van der Waals surface area contributed by atoms with Gasteiger partial charge in [-0.1, -0.05) is 24.7 Å². The SMILES string of the molecule is CCCCc1nnc(NCC(=O)c2ccc(O)cc2)s1. The number of nitrogens with zero attached hydrogens (tertiary/aromatic N) is 2. The molecule has 6 heteroatoms. The van der Waals surface area contributed by atoms with Gasteiger partial charge in [-0.25, -0.2) is 0 Å². The first kappa shape index (κ1) is 14.5. The first-order valence-electron chi connectivity index (χ1n) is 6.57. The molecule has 0 unspecified atom stereocenters. The molecule has 2 rings (SSSR count). The molecule has 0 aliphatic heterocycles. The Morgan fingerprint density at radius 3 is 2.75 bits per heavy atom. The van der Waals surface area contributed by atoms with E-state index in [1.54, 1.807) is 12.1 Å². The Labute approximate surface area is 121 Å². The van der Waals surface area contributed by atoms with Crippen LogP contribution >= 0.6 is 11.3 Å². The molecule has 1 heterocycles. The maximum absolute atomic E-state index is 11.9. The molecule has 0 saturated heterocycles. The number of rotatable bonds is 7. The second-order valence-electron chi connectivity index (χ2n) is 4.43. The number of Topliss-reactive ketones (excluding diaryl/α,β-unsaturated/α-hetero) is 1. The molecule has 0 spiro atoms. The van der Waals surface area contributed by atoms with Gasteiger partial charge in [-0.05, 0) is 30.7 Å². The Kier molecular flexibility index (Phi) is 5.06. The van der Waals surface area contributed by atoms with Gasteiger partial charge in [-0.2, -0.15) is 0 Å². The van der Waals surface area contributed by atoms with E-state index in [2.05, 4.69) is 22.4 Å². The van der Waals surface area contributed by atoms with Gasteiger partial charge in [-0.3, -0.25) is 4.79 Å². The zero-order valence-electron chi connectivity index (χ0n) is 11.3. The van der Waals surface area contributed by atoms with E-state index in [4.69, 9.17) is 0 Å². The van der Waals surface area contributed by atoms with Crippen LogP contribution in [-0.4, -0.2) is 27.6 Å². The molecule has 0 fully saturated rings. The Morgan fingerprint density at radius 1 is 1.30 bits per heavy atom. The number of carbonyl (C=O) groups is 1. The van der Waals surface area contributed by atoms with E-state index in [0.717, 1.165) is 24.3 Å². The summed E-state index contributed by atoms with van der Waals surface area (Å²) in [5, 5.41) is 21.9. The standard InChI is InChI=1S/C14H17N3O2S/c1-2-3-4-13-16-17-14(20-13)15-9-12(19)10-5-7-11(18)8-6-10/h5-8,18H,2-4,9H2,1H3,(H,15,17). The van der Waals surface area contributed by atoms with Gasteiger partial charge >= 0.3 is 0 Å². The number of phenolic OH excluding ortho intramolecular Hbond substituents is 1. The lowest BCUT2D eigenvalue weighted by atomic mass is 10.1. The molecule has 5 nitrogen and oxygen atoms in total. The molecule has 0 aliphatic rings. The van der Waals surface area contributed by atoms with Crippen molar-refractivity contribution in [2.45, 2.75) is 26.2 Å². The average Bonchev–Trinajstić information content (AvgIpc) is 2.91. The minimum Gasteiger partial charge on any atom is -0.508 e. The number of nitrogens with one attached hydrogen (secondary N) is 1. The summed E-state index contributed by atoms with van der Waals surface area (Å²) in [7, 11) is 0. The van der Waals surface area contributed by atoms with Crippen LogP contribution in [0.1, 0.15) is 35.1 Å². The summed E-state index contributed by atoms with van der Waals surface area (Å²) in [4.78, 5) is 11.9. The molecule has 0 atom stereocenters. The third-order valence-corrected chi connectivity index (χ3v) is 3.74. The lowest BCUT2D eigenvalue weighted by Gasteiger charge is -2.02. The highest BCUT2D eigenvalue weighted by Gasteiger charge is 2.08. The normalized spacial score (nSPS) is 10.4. The number of ketones is 1. The van der Waals surface area contributed by atoms with Gasteiger partial charge in [0.25, 0.3) is 0 Å². The largest absolute Gasteiger partial charge is 0.508 e. The van der Waals surface area contributed by atoms with Crippen molar-refractivity contribution in [1.82, 2.24) is 10.2 Å². The van der Waals surface area contributed by atoms with Crippen molar-refractivity contribution >= 4 is 22.3 Å². The molecule has 106 valence electrons. The Balaban J connectivity index is 1.86. The molecule has 2 aromatic rings. The predicted octanol–water partition coefficient (Wildman–Crippen LogP) is 2.88. The number of anilines is 1. The average molecular weight is 291 g/mol. The number of unbranched alkanes of at least 4 members (excludes halogenated alkanes) is 1. The number of hydrogen-bond acceptors (Lipinski definition) is 6. The molecule has 0 bridgehead atoms. The van der Waals surface area contributed by atoms with E-state index in [0.29, 0.717) is 10.7 Å². The van der Waals surface area contributed by atoms with Gasteiger partial charge < -0.3 is 10.4 Å². The summed E-state index contributed by atoms with van der Waals surface area (Å²) in [6, 6.07) is 6.21. The third kappa shape index (κ3) is 4.03. The molecule has 1 aromatic carbocycles. The molecule has 0 amide bonds. The number of aryl methyl sites for hydroxylation is 1. The van der Waals surface area contributed by atoms with E-state index in [-0.39, 0.29) is 18.1 Å². The van der Waals surface area contributed by atoms with Crippen molar-refractivity contribution in [2.24, 2.45) is 0 Å². The summed E-state index contributed by atoms with van der Waals surface area (Å²) >= 11 is 1.49. The van der Waals surface area contributed by atoms with Crippen molar-refractivity contribution in [3.05, 3.63) is 34.8 Å². The monoisotopic (exact) mass is 291 g/mol. The van der Waals surface area contributed by atoms with Gasteiger partial charge in [0, 0.05) is 12.0 Å². The quantitative estimate of drug-likeness (QED) is 0.767. The van der Waals surface area contributed by atoms with Crippen LogP contribution in [0, 0.1) is 0 Å². The van der Waals surface area contributed by atoms with Crippen LogP contribution < -0.4 is 5.32 Å². The maximum Gasteiger partial charge on any atom is 0.206 e. The highest BCUT2D eigenvalue weighted by atomic mass is 32.1. The van der Waals surface area contributed by atoms with E-state index in [1.165, 1.54) is 23.5 Å². The van der Waals surface area contributed by atoms with E-state index in [9.17, 15) is 9.90 Å². The van der Waals surface area contributed by atoms with Crippen molar-refractivity contribution in [3.63, 3.8) is 0 Å². The van der Waals surface area contributed by atoms with Crippen molar-refractivity contribution < 1.29 is 9.90 Å². The second-order valence-corrected chi connectivity index (χ2v) is 5.49. The van der Waals surface area contributed by atoms with Crippen LogP contribution in [0.25, 0.3) is 0 Å². The Bertz CT molecular complexity index is 566. The van der Waals surface area contributed by atoms with E-state index in [1.807, 2.05) is 0 Å². The van der Waals surface area contributed by atoms with Crippen LogP contribution in [0.2, 0.25) is 0 Å². The van der Waals surface area contributed by atoms with Crippen LogP contribution in [0.4, 0.5) is 5.13 Å². The summed E-state index contributed by atoms with van der Waals surface area (Å²) < 4.78 is 0. The number of hydrogen-bond donors (Lipinski definition) is 2. The summed E-state index contributed by atoms with van der Waals surface area (Å²) in [6.45, 7) is 2.31. The Morgan fingerprint density at radius 2 is 2.05 bits per heavy atom. The van der Waals surface area contributed by atoms with E-state index < -0.39 is 0 Å². The lowest BCUT2D eigenvalue weighted by molar-refractivity contribution is 0.101. The van der Waals surface area contributed by atoms with Crippen LogP contribution in [0.3, 0.4) is 0 Å². The van der Waals surface area contributed by atoms with Gasteiger partial charge in [0.05, 0.1) is 6.54 Å². The first-order chi connectivity index (χ1) is 9.69. The topological polar surface area (TPSA) is 75.1 Å². The minimum atomic E-state index is -0.0460. The van der Waals surface area contributed by atoms with Gasteiger partial charge in [0.2, 0.25) is 5.13 Å². The third-order valence-electron chi connectivity index (χ3n) is 2.80. The fourth-order valence-electron chi connectivity index (χ4n) is 1.66. The first-order valence-corrected chi connectivity index (χ1v) is 7.39. The molecule has 0 saturated carbocycles. The predicted molar refractivity (Wildman–Crippen MR) is 79.4 cm³/mol. The molecule has 20 heavy (non-hydrogen) atoms. The second kappa shape index (κ2) is 7.00. The summed E-state index contributed by atoms with van der Waals surface area (Å²) in [5.74, 6) is 0.106. The lowest BCUT2D eigenvalue weighted by Crippen LogP contribution is -2.13. The van der Waals surface area contributed by atoms with Crippen LogP contribution in [0.5, 0.6) is 5.75 Å². The molecular formula is C14H17N3O2S. The fraction of sp³-hybridized carbons (Fsp3) is 0.357. The highest BCUT2D eigenvalue weighted by molar-refractivity contribution is 7.15. The van der Waals surface area contributed by atoms with Crippen molar-refractivity contribution in [3.8, 4) is 5.75 Å². The number of benzene rings is 1. The summed E-state index contributed by atoms with van der Waals surface area (Å²) in [5.41, 5.74) is 0.561. The number of carbonyl (C=O) groups excluding carboxylic acids is 1.